The minimum Gasteiger partial charge on any atom is -0.506 e. The van der Waals surface area contributed by atoms with E-state index in [2.05, 4.69) is 5.32 Å². The maximum Gasteiger partial charge on any atom is 0.255 e. The van der Waals surface area contributed by atoms with E-state index in [1.54, 1.807) is 0 Å². The number of benzene rings is 1. The molecule has 0 aromatic heterocycles. The van der Waals surface area contributed by atoms with E-state index in [9.17, 15) is 19.5 Å². The number of rotatable bonds is 1. The molecule has 3 amide bonds. The van der Waals surface area contributed by atoms with Gasteiger partial charge in [-0.3, -0.25) is 19.7 Å². The van der Waals surface area contributed by atoms with Gasteiger partial charge in [0.05, 0.1) is 5.02 Å². The zero-order valence-electron chi connectivity index (χ0n) is 10.0. The van der Waals surface area contributed by atoms with Gasteiger partial charge in [0.2, 0.25) is 11.8 Å². The Morgan fingerprint density at radius 3 is 2.79 bits per heavy atom. The number of nitrogens with zero attached hydrogens (tertiary/aromatic N) is 1. The predicted octanol–water partition coefficient (Wildman–Crippen LogP) is 0.533. The van der Waals surface area contributed by atoms with Crippen LogP contribution in [0.15, 0.2) is 18.2 Å². The zero-order valence-corrected chi connectivity index (χ0v) is 10.8. The van der Waals surface area contributed by atoms with Gasteiger partial charge in [0, 0.05) is 5.56 Å². The molecule has 1 fully saturated rings. The molecular formula is C12H11ClN2O4. The Balaban J connectivity index is 2.29. The fourth-order valence-corrected chi connectivity index (χ4v) is 1.95. The summed E-state index contributed by atoms with van der Waals surface area (Å²) >= 11 is 5.72. The van der Waals surface area contributed by atoms with Gasteiger partial charge in [-0.1, -0.05) is 11.6 Å². The lowest BCUT2D eigenvalue weighted by Gasteiger charge is -2.31. The first-order chi connectivity index (χ1) is 8.90. The monoisotopic (exact) mass is 282 g/mol. The summed E-state index contributed by atoms with van der Waals surface area (Å²) in [6.07, 6.45) is 0. The Morgan fingerprint density at radius 1 is 1.47 bits per heavy atom. The number of nitrogens with one attached hydrogen (secondary N) is 1. The lowest BCUT2D eigenvalue weighted by Crippen LogP contribution is -2.58. The number of phenols is 1. The number of imide groups is 1. The van der Waals surface area contributed by atoms with Crippen LogP contribution < -0.4 is 5.32 Å². The number of halogens is 1. The van der Waals surface area contributed by atoms with Crippen molar-refractivity contribution in [3.63, 3.8) is 0 Å². The topological polar surface area (TPSA) is 86.7 Å². The molecule has 7 heteroatoms. The van der Waals surface area contributed by atoms with E-state index < -0.39 is 23.8 Å². The number of carbonyl (C=O) groups is 3. The van der Waals surface area contributed by atoms with Crippen LogP contribution in [0.2, 0.25) is 5.02 Å². The molecule has 1 unspecified atom stereocenters. The van der Waals surface area contributed by atoms with Crippen LogP contribution >= 0.6 is 11.6 Å². The molecule has 0 saturated carbocycles. The largest absolute Gasteiger partial charge is 0.506 e. The van der Waals surface area contributed by atoms with E-state index in [0.717, 1.165) is 4.90 Å². The van der Waals surface area contributed by atoms with Crippen LogP contribution in [-0.4, -0.2) is 40.3 Å². The predicted molar refractivity (Wildman–Crippen MR) is 66.8 cm³/mol. The molecule has 6 nitrogen and oxygen atoms in total. The molecule has 0 radical (unpaired) electrons. The lowest BCUT2D eigenvalue weighted by atomic mass is 10.1. The highest BCUT2D eigenvalue weighted by Gasteiger charge is 2.34. The number of piperazine rings is 1. The number of amides is 3. The Bertz CT molecular complexity index is 573. The molecule has 1 atom stereocenters. The van der Waals surface area contributed by atoms with Crippen molar-refractivity contribution >= 4 is 29.3 Å². The summed E-state index contributed by atoms with van der Waals surface area (Å²) in [7, 11) is 0. The lowest BCUT2D eigenvalue weighted by molar-refractivity contribution is -0.138. The van der Waals surface area contributed by atoms with Gasteiger partial charge < -0.3 is 10.0 Å². The van der Waals surface area contributed by atoms with Crippen molar-refractivity contribution in [2.24, 2.45) is 0 Å². The van der Waals surface area contributed by atoms with Crippen LogP contribution in [0.25, 0.3) is 0 Å². The van der Waals surface area contributed by atoms with E-state index in [-0.39, 0.29) is 22.9 Å². The highest BCUT2D eigenvalue weighted by Crippen LogP contribution is 2.24. The van der Waals surface area contributed by atoms with Crippen molar-refractivity contribution in [3.8, 4) is 5.75 Å². The summed E-state index contributed by atoms with van der Waals surface area (Å²) in [6, 6.07) is 3.22. The molecule has 2 rings (SSSR count). The van der Waals surface area contributed by atoms with Gasteiger partial charge in [0.1, 0.15) is 18.3 Å². The highest BCUT2D eigenvalue weighted by molar-refractivity contribution is 6.32. The normalized spacial score (nSPS) is 19.3. The molecule has 19 heavy (non-hydrogen) atoms. The van der Waals surface area contributed by atoms with Gasteiger partial charge >= 0.3 is 0 Å². The third-order valence-corrected chi connectivity index (χ3v) is 3.18. The maximum atomic E-state index is 12.2. The van der Waals surface area contributed by atoms with Gasteiger partial charge in [0.25, 0.3) is 5.91 Å². The minimum atomic E-state index is -0.738. The van der Waals surface area contributed by atoms with Crippen molar-refractivity contribution in [2.75, 3.05) is 6.54 Å². The number of phenolic OH excluding ortho intramolecular Hbond substituents is 1. The smallest absolute Gasteiger partial charge is 0.255 e. The number of hydrogen-bond acceptors (Lipinski definition) is 4. The van der Waals surface area contributed by atoms with E-state index in [4.69, 9.17) is 11.6 Å². The molecule has 1 heterocycles. The Morgan fingerprint density at radius 2 is 2.16 bits per heavy atom. The summed E-state index contributed by atoms with van der Waals surface area (Å²) in [5.74, 6) is -1.67. The summed E-state index contributed by atoms with van der Waals surface area (Å²) in [5, 5.41) is 11.5. The Hall–Kier alpha value is -2.08. The summed E-state index contributed by atoms with van der Waals surface area (Å²) in [6.45, 7) is 1.34. The standard InChI is InChI=1S/C12H11ClN2O4/c1-6-11(18)14-10(17)5-15(6)12(19)7-2-3-9(16)8(13)4-7/h2-4,6,16H,5H2,1H3,(H,14,17,18). The van der Waals surface area contributed by atoms with Gasteiger partial charge in [-0.05, 0) is 25.1 Å². The molecule has 100 valence electrons. The molecule has 2 N–H and O–H groups in total. The van der Waals surface area contributed by atoms with Crippen LogP contribution in [0, 0.1) is 0 Å². The van der Waals surface area contributed by atoms with Crippen LogP contribution in [-0.2, 0) is 9.59 Å². The van der Waals surface area contributed by atoms with E-state index >= 15 is 0 Å². The van der Waals surface area contributed by atoms with Crippen molar-refractivity contribution in [3.05, 3.63) is 28.8 Å². The SMILES string of the molecule is CC1C(=O)NC(=O)CN1C(=O)c1ccc(O)c(Cl)c1. The molecule has 1 aromatic rings. The van der Waals surface area contributed by atoms with Crippen LogP contribution in [0.5, 0.6) is 5.75 Å². The molecule has 0 bridgehead atoms. The third-order valence-electron chi connectivity index (χ3n) is 2.88. The zero-order chi connectivity index (χ0) is 14.2. The molecule has 1 aliphatic rings. The van der Waals surface area contributed by atoms with Gasteiger partial charge in [-0.15, -0.1) is 0 Å². The first kappa shape index (κ1) is 13.4. The van der Waals surface area contributed by atoms with Crippen molar-refractivity contribution < 1.29 is 19.5 Å². The van der Waals surface area contributed by atoms with Crippen molar-refractivity contribution in [1.82, 2.24) is 10.2 Å². The number of carbonyl (C=O) groups excluding carboxylic acids is 3. The average molecular weight is 283 g/mol. The summed E-state index contributed by atoms with van der Waals surface area (Å²) < 4.78 is 0. The average Bonchev–Trinajstić information content (AvgIpc) is 2.36. The van der Waals surface area contributed by atoms with Crippen molar-refractivity contribution in [1.29, 1.82) is 0 Å². The van der Waals surface area contributed by atoms with Crippen LogP contribution in [0.3, 0.4) is 0 Å². The highest BCUT2D eigenvalue weighted by atomic mass is 35.5. The molecular weight excluding hydrogens is 272 g/mol. The summed E-state index contributed by atoms with van der Waals surface area (Å²) in [5.41, 5.74) is 0.206. The number of aromatic hydroxyl groups is 1. The minimum absolute atomic E-state index is 0.0336. The molecule has 1 aromatic carbocycles. The second-order valence-corrected chi connectivity index (χ2v) is 4.59. The third kappa shape index (κ3) is 2.53. The van der Waals surface area contributed by atoms with Crippen molar-refractivity contribution in [2.45, 2.75) is 13.0 Å². The van der Waals surface area contributed by atoms with E-state index in [1.807, 2.05) is 0 Å². The van der Waals surface area contributed by atoms with Crippen LogP contribution in [0.4, 0.5) is 0 Å². The van der Waals surface area contributed by atoms with Crippen LogP contribution in [0.1, 0.15) is 17.3 Å². The second kappa shape index (κ2) is 4.89. The maximum absolute atomic E-state index is 12.2. The molecule has 0 spiro atoms. The van der Waals surface area contributed by atoms with E-state index in [1.165, 1.54) is 25.1 Å². The van der Waals surface area contributed by atoms with Gasteiger partial charge in [-0.2, -0.15) is 0 Å². The fourth-order valence-electron chi connectivity index (χ4n) is 1.77. The van der Waals surface area contributed by atoms with Gasteiger partial charge in [-0.25, -0.2) is 0 Å². The summed E-state index contributed by atoms with van der Waals surface area (Å²) in [4.78, 5) is 36.1. The Kier molecular flexibility index (Phi) is 3.44. The fraction of sp³-hybridized carbons (Fsp3) is 0.250. The quantitative estimate of drug-likeness (QED) is 0.736. The second-order valence-electron chi connectivity index (χ2n) is 4.19. The molecule has 1 saturated heterocycles. The van der Waals surface area contributed by atoms with Gasteiger partial charge in [0.15, 0.2) is 0 Å². The molecule has 0 aliphatic carbocycles. The first-order valence-corrected chi connectivity index (χ1v) is 5.91. The Labute approximate surface area is 114 Å². The first-order valence-electron chi connectivity index (χ1n) is 5.53. The molecule has 1 aliphatic heterocycles. The van der Waals surface area contributed by atoms with E-state index in [0.29, 0.717) is 0 Å². The number of hydrogen-bond donors (Lipinski definition) is 2.